The molecular formula is C16H20O2S2. The highest BCUT2D eigenvalue weighted by molar-refractivity contribution is 7.26. The van der Waals surface area contributed by atoms with Crippen molar-refractivity contribution in [2.45, 2.75) is 50.2 Å². The van der Waals surface area contributed by atoms with E-state index in [2.05, 4.69) is 17.5 Å². The lowest BCUT2D eigenvalue weighted by Gasteiger charge is -2.39. The van der Waals surface area contributed by atoms with Crippen LogP contribution in [0.2, 0.25) is 0 Å². The number of thiophene rings is 2. The first kappa shape index (κ1) is 13.3. The van der Waals surface area contributed by atoms with Crippen molar-refractivity contribution in [2.75, 3.05) is 6.61 Å². The molecule has 1 saturated heterocycles. The monoisotopic (exact) mass is 308 g/mol. The summed E-state index contributed by atoms with van der Waals surface area (Å²) in [6.45, 7) is 0.821. The Labute approximate surface area is 127 Å². The lowest BCUT2D eigenvalue weighted by molar-refractivity contribution is -0.112. The second kappa shape index (κ2) is 5.09. The fraction of sp³-hybridized carbons (Fsp3) is 0.625. The second-order valence-electron chi connectivity index (χ2n) is 6.23. The third-order valence-electron chi connectivity index (χ3n) is 4.94. The first-order chi connectivity index (χ1) is 9.76. The summed E-state index contributed by atoms with van der Waals surface area (Å²) in [5.41, 5.74) is 0.0958. The zero-order valence-electron chi connectivity index (χ0n) is 11.5. The Morgan fingerprint density at radius 3 is 2.95 bits per heavy atom. The molecule has 1 spiro atoms. The molecule has 2 aliphatic rings. The molecule has 1 aliphatic carbocycles. The van der Waals surface area contributed by atoms with Crippen LogP contribution in [0.25, 0.3) is 9.40 Å². The lowest BCUT2D eigenvalue weighted by Crippen LogP contribution is -2.39. The average molecular weight is 308 g/mol. The molecule has 2 atom stereocenters. The minimum absolute atomic E-state index is 0.0958. The lowest BCUT2D eigenvalue weighted by atomic mass is 9.81. The summed E-state index contributed by atoms with van der Waals surface area (Å²) in [4.78, 5) is 1.15. The Morgan fingerprint density at radius 2 is 2.15 bits per heavy atom. The second-order valence-corrected chi connectivity index (χ2v) is 8.30. The van der Waals surface area contributed by atoms with Gasteiger partial charge >= 0.3 is 0 Å². The van der Waals surface area contributed by atoms with E-state index < -0.39 is 0 Å². The summed E-state index contributed by atoms with van der Waals surface area (Å²) < 4.78 is 8.70. The van der Waals surface area contributed by atoms with Crippen molar-refractivity contribution >= 4 is 32.1 Å². The summed E-state index contributed by atoms with van der Waals surface area (Å²) in [5.74, 6) is 0.370. The van der Waals surface area contributed by atoms with E-state index in [1.165, 1.54) is 35.1 Å². The summed E-state index contributed by atoms with van der Waals surface area (Å²) in [6, 6.07) is 4.34. The fourth-order valence-electron chi connectivity index (χ4n) is 3.87. The number of ether oxygens (including phenoxy) is 1. The van der Waals surface area contributed by atoms with Crippen LogP contribution in [0.5, 0.6) is 0 Å². The zero-order chi connectivity index (χ0) is 13.6. The predicted octanol–water partition coefficient (Wildman–Crippen LogP) is 4.74. The number of hydrogen-bond acceptors (Lipinski definition) is 4. The van der Waals surface area contributed by atoms with E-state index in [0.717, 1.165) is 24.3 Å². The highest BCUT2D eigenvalue weighted by Gasteiger charge is 2.42. The Kier molecular flexibility index (Phi) is 3.38. The first-order valence-corrected chi connectivity index (χ1v) is 9.24. The van der Waals surface area contributed by atoms with Gasteiger partial charge in [0, 0.05) is 20.9 Å². The number of aliphatic hydroxyl groups excluding tert-OH is 1. The number of fused-ring (bicyclic) bond motifs is 1. The normalized spacial score (nSPS) is 27.4. The molecule has 4 heteroatoms. The number of hydrogen-bond donors (Lipinski definition) is 1. The van der Waals surface area contributed by atoms with Crippen LogP contribution in [0.3, 0.4) is 0 Å². The van der Waals surface area contributed by atoms with Gasteiger partial charge in [0.05, 0.1) is 11.7 Å². The van der Waals surface area contributed by atoms with Gasteiger partial charge in [0.15, 0.2) is 0 Å². The van der Waals surface area contributed by atoms with E-state index in [0.29, 0.717) is 5.92 Å². The van der Waals surface area contributed by atoms with Gasteiger partial charge in [-0.2, -0.15) is 0 Å². The van der Waals surface area contributed by atoms with Crippen LogP contribution in [0, 0.1) is 5.92 Å². The molecule has 2 aromatic rings. The maximum atomic E-state index is 10.8. The Balaban J connectivity index is 1.55. The summed E-state index contributed by atoms with van der Waals surface area (Å²) in [7, 11) is 0. The third-order valence-corrected chi connectivity index (χ3v) is 7.11. The minimum Gasteiger partial charge on any atom is -0.387 e. The van der Waals surface area contributed by atoms with E-state index in [-0.39, 0.29) is 11.7 Å². The van der Waals surface area contributed by atoms with Gasteiger partial charge in [0.2, 0.25) is 0 Å². The van der Waals surface area contributed by atoms with Gasteiger partial charge in [-0.3, -0.25) is 0 Å². The quantitative estimate of drug-likeness (QED) is 0.868. The van der Waals surface area contributed by atoms with Crippen molar-refractivity contribution in [3.63, 3.8) is 0 Å². The maximum absolute atomic E-state index is 10.8. The standard InChI is InChI=1S/C16H20O2S2/c17-15(14-9-13-12(20-14)4-8-19-13)11-3-7-18-16(10-11)5-1-2-6-16/h4,8-9,11,15,17H,1-3,5-7,10H2. The van der Waals surface area contributed by atoms with Crippen molar-refractivity contribution < 1.29 is 9.84 Å². The average Bonchev–Trinajstić information content (AvgIpc) is 3.13. The summed E-state index contributed by atoms with van der Waals surface area (Å²) in [5, 5.41) is 12.9. The van der Waals surface area contributed by atoms with Crippen LogP contribution in [0.4, 0.5) is 0 Å². The van der Waals surface area contributed by atoms with Crippen molar-refractivity contribution in [2.24, 2.45) is 5.92 Å². The van der Waals surface area contributed by atoms with Gasteiger partial charge in [0.1, 0.15) is 0 Å². The molecule has 3 heterocycles. The molecule has 108 valence electrons. The van der Waals surface area contributed by atoms with Crippen LogP contribution in [-0.4, -0.2) is 17.3 Å². The van der Waals surface area contributed by atoms with Crippen molar-refractivity contribution in [1.29, 1.82) is 0 Å². The van der Waals surface area contributed by atoms with Crippen molar-refractivity contribution in [1.82, 2.24) is 0 Å². The Morgan fingerprint density at radius 1 is 1.30 bits per heavy atom. The van der Waals surface area contributed by atoms with Crippen LogP contribution in [0.15, 0.2) is 17.5 Å². The summed E-state index contributed by atoms with van der Waals surface area (Å²) in [6.07, 6.45) is 6.69. The minimum atomic E-state index is -0.305. The first-order valence-electron chi connectivity index (χ1n) is 7.55. The molecule has 0 aromatic carbocycles. The SMILES string of the molecule is OC(c1cc2sccc2s1)C1CCOC2(CCCC2)C1. The third kappa shape index (κ3) is 2.23. The molecule has 1 aliphatic heterocycles. The van der Waals surface area contributed by atoms with E-state index >= 15 is 0 Å². The molecule has 2 nitrogen and oxygen atoms in total. The molecule has 2 unspecified atom stereocenters. The predicted molar refractivity (Wildman–Crippen MR) is 84.5 cm³/mol. The molecule has 2 fully saturated rings. The molecule has 1 saturated carbocycles. The van der Waals surface area contributed by atoms with Crippen LogP contribution in [-0.2, 0) is 4.74 Å². The van der Waals surface area contributed by atoms with E-state index in [4.69, 9.17) is 4.74 Å². The molecule has 0 radical (unpaired) electrons. The van der Waals surface area contributed by atoms with Gasteiger partial charge in [0.25, 0.3) is 0 Å². The molecular weight excluding hydrogens is 288 g/mol. The van der Waals surface area contributed by atoms with Gasteiger partial charge in [-0.15, -0.1) is 22.7 Å². The largest absolute Gasteiger partial charge is 0.387 e. The van der Waals surface area contributed by atoms with Gasteiger partial charge in [-0.25, -0.2) is 0 Å². The van der Waals surface area contributed by atoms with E-state index in [9.17, 15) is 5.11 Å². The van der Waals surface area contributed by atoms with Crippen LogP contribution >= 0.6 is 22.7 Å². The molecule has 2 aromatic heterocycles. The van der Waals surface area contributed by atoms with E-state index in [1.54, 1.807) is 22.7 Å². The maximum Gasteiger partial charge on any atom is 0.0912 e. The fourth-order valence-corrected chi connectivity index (χ4v) is 6.06. The summed E-state index contributed by atoms with van der Waals surface area (Å²) >= 11 is 3.52. The molecule has 0 amide bonds. The van der Waals surface area contributed by atoms with E-state index in [1.807, 2.05) is 0 Å². The van der Waals surface area contributed by atoms with Crippen LogP contribution in [0.1, 0.15) is 49.5 Å². The Hall–Kier alpha value is -0.420. The van der Waals surface area contributed by atoms with Gasteiger partial charge < -0.3 is 9.84 Å². The highest BCUT2D eigenvalue weighted by atomic mass is 32.1. The molecule has 20 heavy (non-hydrogen) atoms. The molecule has 0 bridgehead atoms. The smallest absolute Gasteiger partial charge is 0.0912 e. The molecule has 1 N–H and O–H groups in total. The van der Waals surface area contributed by atoms with Crippen molar-refractivity contribution in [3.05, 3.63) is 22.4 Å². The topological polar surface area (TPSA) is 29.5 Å². The van der Waals surface area contributed by atoms with Gasteiger partial charge in [-0.05, 0) is 49.1 Å². The highest BCUT2D eigenvalue weighted by Crippen LogP contribution is 2.46. The number of aliphatic hydroxyl groups is 1. The van der Waals surface area contributed by atoms with Crippen LogP contribution < -0.4 is 0 Å². The van der Waals surface area contributed by atoms with Crippen molar-refractivity contribution in [3.8, 4) is 0 Å². The number of rotatable bonds is 2. The Bertz CT molecular complexity index is 566. The zero-order valence-corrected chi connectivity index (χ0v) is 13.1. The molecule has 4 rings (SSSR count). The van der Waals surface area contributed by atoms with Gasteiger partial charge in [-0.1, -0.05) is 12.8 Å².